The highest BCUT2D eigenvalue weighted by atomic mass is 19.4. The summed E-state index contributed by atoms with van der Waals surface area (Å²) < 4.78 is 95.8. The second-order valence-corrected chi connectivity index (χ2v) is 12.3. The van der Waals surface area contributed by atoms with E-state index in [1.807, 2.05) is 13.8 Å². The fraction of sp³-hybridized carbons (Fsp3) is 0.300. The third-order valence-corrected chi connectivity index (χ3v) is 8.91. The summed E-state index contributed by atoms with van der Waals surface area (Å²) >= 11 is 0. The van der Waals surface area contributed by atoms with Crippen LogP contribution < -0.4 is 4.90 Å². The second-order valence-electron chi connectivity index (χ2n) is 12.3. The van der Waals surface area contributed by atoms with Crippen molar-refractivity contribution in [3.63, 3.8) is 0 Å². The van der Waals surface area contributed by atoms with Crippen molar-refractivity contribution in [2.45, 2.75) is 46.3 Å². The molecule has 0 aliphatic rings. The van der Waals surface area contributed by atoms with Crippen molar-refractivity contribution in [2.75, 3.05) is 37.6 Å². The van der Waals surface area contributed by atoms with Crippen LogP contribution >= 0.6 is 0 Å². The van der Waals surface area contributed by atoms with E-state index in [1.165, 1.54) is 30.0 Å². The van der Waals surface area contributed by atoms with Gasteiger partial charge in [0.2, 0.25) is 5.91 Å². The number of benzene rings is 4. The number of ketones is 1. The summed E-state index contributed by atoms with van der Waals surface area (Å²) in [6.45, 7) is 11.4. The molecule has 0 aliphatic heterocycles. The van der Waals surface area contributed by atoms with Gasteiger partial charge in [-0.1, -0.05) is 62.9 Å². The number of alkyl halides is 3. The van der Waals surface area contributed by atoms with Gasteiger partial charge in [-0.15, -0.1) is 0 Å². The Hall–Kier alpha value is -4.97. The lowest BCUT2D eigenvalue weighted by molar-refractivity contribution is -0.137. The Bertz CT molecular complexity index is 1870. The maximum absolute atomic E-state index is 14.7. The summed E-state index contributed by atoms with van der Waals surface area (Å²) in [6.07, 6.45) is -4.63. The van der Waals surface area contributed by atoms with Crippen molar-refractivity contribution < 1.29 is 40.3 Å². The predicted molar refractivity (Wildman–Crippen MR) is 188 cm³/mol. The van der Waals surface area contributed by atoms with Crippen LogP contribution in [0.3, 0.4) is 0 Å². The molecule has 0 bridgehead atoms. The molecule has 0 N–H and O–H groups in total. The van der Waals surface area contributed by atoms with E-state index < -0.39 is 46.7 Å². The number of hydrogen-bond donors (Lipinski definition) is 0. The van der Waals surface area contributed by atoms with Gasteiger partial charge in [-0.3, -0.25) is 9.59 Å². The molecule has 0 saturated carbocycles. The van der Waals surface area contributed by atoms with Crippen LogP contribution in [0.25, 0.3) is 11.1 Å². The first-order chi connectivity index (χ1) is 24.6. The number of hydrogen-bond acceptors (Lipinski definition) is 4. The Morgan fingerprint density at radius 2 is 1.38 bits per heavy atom. The van der Waals surface area contributed by atoms with E-state index in [1.54, 1.807) is 29.2 Å². The first-order valence-electron chi connectivity index (χ1n) is 16.8. The highest BCUT2D eigenvalue weighted by Gasteiger charge is 2.30. The lowest BCUT2D eigenvalue weighted by Crippen LogP contribution is -2.43. The third-order valence-electron chi connectivity index (χ3n) is 8.91. The van der Waals surface area contributed by atoms with Crippen LogP contribution in [0.1, 0.15) is 54.2 Å². The molecule has 0 aliphatic carbocycles. The van der Waals surface area contributed by atoms with Crippen molar-refractivity contribution >= 4 is 17.4 Å². The van der Waals surface area contributed by atoms with E-state index in [0.717, 1.165) is 55.1 Å². The average molecular weight is 728 g/mol. The molecule has 4 aromatic carbocycles. The number of aryl methyl sites for hydroxylation is 1. The van der Waals surface area contributed by atoms with E-state index in [4.69, 9.17) is 0 Å². The lowest BCUT2D eigenvalue weighted by Gasteiger charge is -2.32. The normalized spacial score (nSPS) is 11.5. The Kier molecular flexibility index (Phi) is 13.4. The number of allylic oxidation sites excluding steroid dienone is 1. The quantitative estimate of drug-likeness (QED) is 0.0656. The Balaban J connectivity index is 1.63. The van der Waals surface area contributed by atoms with Crippen LogP contribution in [0.4, 0.5) is 36.4 Å². The number of Topliss-reactive ketones (excluding diaryl/α,β-unsaturated/α-hetero) is 1. The van der Waals surface area contributed by atoms with Gasteiger partial charge in [-0.25, -0.2) is 17.6 Å². The minimum Gasteiger partial charge on any atom is -0.336 e. The number of likely N-dealkylation sites (N-methyl/N-ethyl adjacent to an activating group) is 1. The van der Waals surface area contributed by atoms with Crippen molar-refractivity contribution in [2.24, 2.45) is 0 Å². The number of amides is 1. The first-order valence-corrected chi connectivity index (χ1v) is 16.8. The summed E-state index contributed by atoms with van der Waals surface area (Å²) in [6, 6.07) is 17.3. The SMILES string of the molecule is C=C(CCc1ccc(F)c(F)c1F)N(CC(=O)N(CCN(CC)CC)Cc1ccc(-c2ccc(C(F)(F)F)cc2)cc1)c1cc(F)ccc1C(C)=O. The minimum absolute atomic E-state index is 0.0476. The molecule has 0 unspecified atom stereocenters. The highest BCUT2D eigenvalue weighted by molar-refractivity contribution is 6.00. The summed E-state index contributed by atoms with van der Waals surface area (Å²) in [5, 5.41) is 0. The molecule has 4 rings (SSSR count). The zero-order valence-corrected chi connectivity index (χ0v) is 29.2. The van der Waals surface area contributed by atoms with Crippen LogP contribution in [-0.4, -0.2) is 54.2 Å². The topological polar surface area (TPSA) is 43.9 Å². The fourth-order valence-electron chi connectivity index (χ4n) is 5.77. The maximum atomic E-state index is 14.7. The second kappa shape index (κ2) is 17.5. The van der Waals surface area contributed by atoms with Gasteiger partial charge in [0.1, 0.15) is 12.4 Å². The Morgan fingerprint density at radius 1 is 0.769 bits per heavy atom. The number of carbonyl (C=O) groups is 2. The molecule has 1 amide bonds. The molecule has 0 radical (unpaired) electrons. The maximum Gasteiger partial charge on any atom is 0.416 e. The number of rotatable bonds is 16. The fourth-order valence-corrected chi connectivity index (χ4v) is 5.77. The van der Waals surface area contributed by atoms with Gasteiger partial charge in [-0.05, 0) is 91.5 Å². The minimum atomic E-state index is -4.45. The molecule has 52 heavy (non-hydrogen) atoms. The lowest BCUT2D eigenvalue weighted by atomic mass is 10.0. The number of nitrogens with zero attached hydrogens (tertiary/aromatic N) is 3. The average Bonchev–Trinajstić information content (AvgIpc) is 3.12. The zero-order valence-electron chi connectivity index (χ0n) is 29.2. The highest BCUT2D eigenvalue weighted by Crippen LogP contribution is 2.32. The van der Waals surface area contributed by atoms with Crippen LogP contribution in [0, 0.1) is 23.3 Å². The van der Waals surface area contributed by atoms with Crippen molar-refractivity contribution in [3.05, 3.63) is 137 Å². The zero-order chi connectivity index (χ0) is 38.2. The van der Waals surface area contributed by atoms with E-state index in [9.17, 15) is 40.3 Å². The van der Waals surface area contributed by atoms with Gasteiger partial charge in [0.25, 0.3) is 0 Å². The monoisotopic (exact) mass is 727 g/mol. The standard InChI is InChI=1S/C40H40F7N3O2/c1-5-48(6-2)21-22-49(24-28-8-11-29(12-9-28)30-13-16-32(17-14-30)40(45,46)47)37(52)25-50(36-23-33(41)18-19-34(36)27(4)51)26(3)7-10-31-15-20-35(42)39(44)38(31)43/h8-9,11-20,23H,3,5-7,10,21-22,24-25H2,1-2,4H3. The Labute approximate surface area is 299 Å². The number of carbonyl (C=O) groups excluding carboxylic acids is 2. The van der Waals surface area contributed by atoms with Crippen LogP contribution in [0.15, 0.2) is 91.1 Å². The van der Waals surface area contributed by atoms with E-state index in [2.05, 4.69) is 11.5 Å². The van der Waals surface area contributed by atoms with Crippen molar-refractivity contribution in [3.8, 4) is 11.1 Å². The molecule has 0 fully saturated rings. The smallest absolute Gasteiger partial charge is 0.336 e. The van der Waals surface area contributed by atoms with Gasteiger partial charge in [0.15, 0.2) is 23.2 Å². The van der Waals surface area contributed by atoms with Gasteiger partial charge in [0.05, 0.1) is 11.3 Å². The molecule has 0 aromatic heterocycles. The van der Waals surface area contributed by atoms with Gasteiger partial charge in [-0.2, -0.15) is 13.2 Å². The molecule has 12 heteroatoms. The van der Waals surface area contributed by atoms with Gasteiger partial charge >= 0.3 is 6.18 Å². The number of halogens is 7. The summed E-state index contributed by atoms with van der Waals surface area (Å²) in [7, 11) is 0. The van der Waals surface area contributed by atoms with E-state index >= 15 is 0 Å². The third kappa shape index (κ3) is 10.1. The van der Waals surface area contributed by atoms with Gasteiger partial charge < -0.3 is 14.7 Å². The molecule has 0 spiro atoms. The van der Waals surface area contributed by atoms with E-state index in [-0.39, 0.29) is 48.4 Å². The summed E-state index contributed by atoms with van der Waals surface area (Å²) in [5.41, 5.74) is 1.51. The molecule has 5 nitrogen and oxygen atoms in total. The molecular formula is C40H40F7N3O2. The van der Waals surface area contributed by atoms with Crippen molar-refractivity contribution in [1.29, 1.82) is 0 Å². The summed E-state index contributed by atoms with van der Waals surface area (Å²) in [4.78, 5) is 32.0. The van der Waals surface area contributed by atoms with Crippen molar-refractivity contribution in [1.82, 2.24) is 9.80 Å². The van der Waals surface area contributed by atoms with Gasteiger partial charge in [0, 0.05) is 30.9 Å². The van der Waals surface area contributed by atoms with Crippen LogP contribution in [-0.2, 0) is 23.9 Å². The predicted octanol–water partition coefficient (Wildman–Crippen LogP) is 9.45. The Morgan fingerprint density at radius 3 is 1.96 bits per heavy atom. The molecule has 0 saturated heterocycles. The molecule has 0 heterocycles. The van der Waals surface area contributed by atoms with Crippen LogP contribution in [0.5, 0.6) is 0 Å². The number of anilines is 1. The molecule has 0 atom stereocenters. The molecule has 276 valence electrons. The largest absolute Gasteiger partial charge is 0.416 e. The molecule has 4 aromatic rings. The first kappa shape index (κ1) is 39.8. The van der Waals surface area contributed by atoms with E-state index in [0.29, 0.717) is 24.2 Å². The van der Waals surface area contributed by atoms with Crippen LogP contribution in [0.2, 0.25) is 0 Å². The molecular weight excluding hydrogens is 687 g/mol. The summed E-state index contributed by atoms with van der Waals surface area (Å²) in [5.74, 6) is -5.79.